The van der Waals surface area contributed by atoms with Crippen molar-refractivity contribution < 1.29 is 4.84 Å². The number of benzene rings is 3. The first-order chi connectivity index (χ1) is 14.0. The molecule has 0 atom stereocenters. The second-order valence-corrected chi connectivity index (χ2v) is 6.77. The van der Waals surface area contributed by atoms with Crippen molar-refractivity contribution in [1.82, 2.24) is 5.48 Å². The summed E-state index contributed by atoms with van der Waals surface area (Å²) in [5.74, 6) is 0.428. The monoisotopic (exact) mass is 403 g/mol. The van der Waals surface area contributed by atoms with E-state index in [-0.39, 0.29) is 0 Å². The van der Waals surface area contributed by atoms with Crippen LogP contribution in [0.2, 0.25) is 5.02 Å². The Balaban J connectivity index is 1.67. The van der Waals surface area contributed by atoms with Crippen LogP contribution in [0, 0.1) is 0 Å². The lowest BCUT2D eigenvalue weighted by Crippen LogP contribution is -2.08. The van der Waals surface area contributed by atoms with Gasteiger partial charge in [0.15, 0.2) is 0 Å². The normalized spacial score (nSPS) is 11.6. The maximum absolute atomic E-state index is 5.98. The molecule has 3 aromatic carbocycles. The van der Waals surface area contributed by atoms with E-state index in [9.17, 15) is 0 Å². The average Bonchev–Trinajstić information content (AvgIpc) is 2.75. The van der Waals surface area contributed by atoms with E-state index in [2.05, 4.69) is 41.3 Å². The highest BCUT2D eigenvalue weighted by Gasteiger charge is 2.01. The summed E-state index contributed by atoms with van der Waals surface area (Å²) in [5.41, 5.74) is 14.5. The molecule has 0 radical (unpaired) electrons. The molecule has 0 bridgehead atoms. The summed E-state index contributed by atoms with van der Waals surface area (Å²) in [5, 5.41) is 0.671. The van der Waals surface area contributed by atoms with Crippen LogP contribution in [0.1, 0.15) is 11.1 Å². The minimum Gasteiger partial charge on any atom is -0.384 e. The molecule has 0 spiro atoms. The summed E-state index contributed by atoms with van der Waals surface area (Å²) < 4.78 is 0. The number of nitrogens with zero attached hydrogens (tertiary/aromatic N) is 1. The Morgan fingerprint density at radius 2 is 1.55 bits per heavy atom. The number of aliphatic imine (C=N–C) groups is 1. The molecule has 5 heteroatoms. The molecule has 0 amide bonds. The quantitative estimate of drug-likeness (QED) is 0.296. The molecule has 146 valence electrons. The number of nitrogens with one attached hydrogen (secondary N) is 1. The van der Waals surface area contributed by atoms with Gasteiger partial charge < -0.3 is 5.73 Å². The highest BCUT2D eigenvalue weighted by Crippen LogP contribution is 2.22. The number of hydroxylamine groups is 1. The molecule has 0 aliphatic heterocycles. The van der Waals surface area contributed by atoms with Crippen molar-refractivity contribution >= 4 is 34.9 Å². The molecule has 0 saturated heterocycles. The van der Waals surface area contributed by atoms with Crippen LogP contribution in [-0.2, 0) is 4.84 Å². The zero-order chi connectivity index (χ0) is 20.6. The number of hydrogen-bond donors (Lipinski definition) is 2. The van der Waals surface area contributed by atoms with Gasteiger partial charge in [-0.15, -0.1) is 0 Å². The van der Waals surface area contributed by atoms with Crippen LogP contribution in [-0.4, -0.2) is 12.9 Å². The van der Waals surface area contributed by atoms with E-state index in [0.717, 1.165) is 33.6 Å². The minimum atomic E-state index is 0.428. The molecular weight excluding hydrogens is 382 g/mol. The van der Waals surface area contributed by atoms with E-state index in [1.165, 1.54) is 0 Å². The predicted octanol–water partition coefficient (Wildman–Crippen LogP) is 5.83. The van der Waals surface area contributed by atoms with Crippen LogP contribution in [0.25, 0.3) is 22.9 Å². The molecule has 0 aliphatic rings. The number of rotatable bonds is 7. The van der Waals surface area contributed by atoms with E-state index in [0.29, 0.717) is 10.9 Å². The Morgan fingerprint density at radius 3 is 2.14 bits per heavy atom. The van der Waals surface area contributed by atoms with Gasteiger partial charge in [0.25, 0.3) is 0 Å². The molecule has 0 unspecified atom stereocenters. The third-order valence-electron chi connectivity index (χ3n) is 4.23. The molecule has 0 saturated carbocycles. The number of nitrogens with two attached hydrogens (primary N) is 1. The summed E-state index contributed by atoms with van der Waals surface area (Å²) in [6, 6.07) is 23.6. The summed E-state index contributed by atoms with van der Waals surface area (Å²) in [6.07, 6.45) is 3.72. The standard InChI is InChI=1S/C24H22ClN3O/c1-17(28-29-2)19-8-10-21(11-9-19)20-6-3-18(4-7-20)5-16-24(26)27-23-14-12-22(25)13-15-23/h3-16,28H,1H2,2H3,(H2,26,27). The van der Waals surface area contributed by atoms with Gasteiger partial charge >= 0.3 is 0 Å². The summed E-state index contributed by atoms with van der Waals surface area (Å²) in [7, 11) is 1.56. The number of halogens is 1. The van der Waals surface area contributed by atoms with Crippen LogP contribution in [0.15, 0.2) is 90.4 Å². The van der Waals surface area contributed by atoms with Crippen molar-refractivity contribution in [2.45, 2.75) is 0 Å². The first-order valence-electron chi connectivity index (χ1n) is 9.02. The number of hydrogen-bond acceptors (Lipinski definition) is 3. The zero-order valence-electron chi connectivity index (χ0n) is 16.1. The van der Waals surface area contributed by atoms with Gasteiger partial charge in [0, 0.05) is 5.02 Å². The molecule has 4 nitrogen and oxygen atoms in total. The molecule has 3 N–H and O–H groups in total. The van der Waals surface area contributed by atoms with Gasteiger partial charge in [0.05, 0.1) is 18.5 Å². The van der Waals surface area contributed by atoms with Crippen molar-refractivity contribution in [3.8, 4) is 11.1 Å². The van der Waals surface area contributed by atoms with Crippen molar-refractivity contribution in [3.05, 3.63) is 102 Å². The molecule has 29 heavy (non-hydrogen) atoms. The van der Waals surface area contributed by atoms with Crippen LogP contribution in [0.3, 0.4) is 0 Å². The lowest BCUT2D eigenvalue weighted by molar-refractivity contribution is 0.137. The van der Waals surface area contributed by atoms with Crippen LogP contribution in [0.5, 0.6) is 0 Å². The molecule has 3 aromatic rings. The Kier molecular flexibility index (Phi) is 6.85. The first-order valence-corrected chi connectivity index (χ1v) is 9.39. The van der Waals surface area contributed by atoms with Crippen LogP contribution >= 0.6 is 11.6 Å². The maximum Gasteiger partial charge on any atom is 0.124 e. The molecule has 3 rings (SSSR count). The van der Waals surface area contributed by atoms with Gasteiger partial charge in [-0.1, -0.05) is 72.8 Å². The lowest BCUT2D eigenvalue weighted by atomic mass is 10.0. The van der Waals surface area contributed by atoms with E-state index in [4.69, 9.17) is 22.2 Å². The third kappa shape index (κ3) is 5.82. The zero-order valence-corrected chi connectivity index (χ0v) is 16.9. The van der Waals surface area contributed by atoms with E-state index in [1.54, 1.807) is 25.3 Å². The molecule has 0 fully saturated rings. The molecule has 0 aliphatic carbocycles. The fourth-order valence-corrected chi connectivity index (χ4v) is 2.84. The Labute approximate surface area is 176 Å². The van der Waals surface area contributed by atoms with E-state index < -0.39 is 0 Å². The van der Waals surface area contributed by atoms with Crippen LogP contribution in [0.4, 0.5) is 5.69 Å². The highest BCUT2D eigenvalue weighted by atomic mass is 35.5. The topological polar surface area (TPSA) is 59.6 Å². The Morgan fingerprint density at radius 1 is 0.966 bits per heavy atom. The van der Waals surface area contributed by atoms with Crippen molar-refractivity contribution in [2.75, 3.05) is 7.11 Å². The van der Waals surface area contributed by atoms with Gasteiger partial charge in [0.1, 0.15) is 5.84 Å². The van der Waals surface area contributed by atoms with Gasteiger partial charge in [-0.25, -0.2) is 4.99 Å². The number of amidine groups is 1. The van der Waals surface area contributed by atoms with Gasteiger partial charge in [0.2, 0.25) is 0 Å². The highest BCUT2D eigenvalue weighted by molar-refractivity contribution is 6.30. The lowest BCUT2D eigenvalue weighted by Gasteiger charge is -2.08. The molecular formula is C24H22ClN3O. The van der Waals surface area contributed by atoms with Crippen molar-refractivity contribution in [1.29, 1.82) is 0 Å². The smallest absolute Gasteiger partial charge is 0.124 e. The fraction of sp³-hybridized carbons (Fsp3) is 0.0417. The van der Waals surface area contributed by atoms with Crippen molar-refractivity contribution in [3.63, 3.8) is 0 Å². The maximum atomic E-state index is 5.98. The molecule has 0 aromatic heterocycles. The Hall–Kier alpha value is -3.34. The van der Waals surface area contributed by atoms with Gasteiger partial charge in [-0.2, -0.15) is 0 Å². The minimum absolute atomic E-state index is 0.428. The largest absolute Gasteiger partial charge is 0.384 e. The Bertz CT molecular complexity index is 1020. The summed E-state index contributed by atoms with van der Waals surface area (Å²) >= 11 is 5.88. The fourth-order valence-electron chi connectivity index (χ4n) is 2.72. The summed E-state index contributed by atoms with van der Waals surface area (Å²) in [6.45, 7) is 3.92. The predicted molar refractivity (Wildman–Crippen MR) is 123 cm³/mol. The van der Waals surface area contributed by atoms with Crippen LogP contribution < -0.4 is 11.2 Å². The second kappa shape index (κ2) is 9.73. The SMILES string of the molecule is C=C(NOC)c1ccc(-c2ccc(C=CC(N)=Nc3ccc(Cl)cc3)cc2)cc1. The molecule has 0 heterocycles. The second-order valence-electron chi connectivity index (χ2n) is 6.33. The van der Waals surface area contributed by atoms with E-state index in [1.807, 2.05) is 42.5 Å². The first kappa shape index (κ1) is 20.4. The van der Waals surface area contributed by atoms with Gasteiger partial charge in [-0.05, 0) is 52.6 Å². The third-order valence-corrected chi connectivity index (χ3v) is 4.49. The average molecular weight is 404 g/mol. The van der Waals surface area contributed by atoms with Crippen molar-refractivity contribution in [2.24, 2.45) is 10.7 Å². The van der Waals surface area contributed by atoms with Gasteiger partial charge in [-0.3, -0.25) is 10.3 Å². The van der Waals surface area contributed by atoms with E-state index >= 15 is 0 Å². The summed E-state index contributed by atoms with van der Waals surface area (Å²) in [4.78, 5) is 9.23.